The normalized spacial score (nSPS) is 15.2. The van der Waals surface area contributed by atoms with E-state index < -0.39 is 12.7 Å². The second-order valence-corrected chi connectivity index (χ2v) is 10.7. The molecule has 1 fully saturated rings. The van der Waals surface area contributed by atoms with Gasteiger partial charge in [0.05, 0.1) is 24.2 Å². The first-order valence-electron chi connectivity index (χ1n) is 13.6. The number of benzene rings is 3. The highest BCUT2D eigenvalue weighted by molar-refractivity contribution is 8.15. The third kappa shape index (κ3) is 7.75. The summed E-state index contributed by atoms with van der Waals surface area (Å²) in [7, 11) is 1.58. The highest BCUT2D eigenvalue weighted by Gasteiger charge is 2.32. The second kappa shape index (κ2) is 13.5. The quantitative estimate of drug-likeness (QED) is 0.175. The summed E-state index contributed by atoms with van der Waals surface area (Å²) in [5.41, 5.74) is 3.96. The number of aryl methyl sites for hydroxylation is 2. The van der Waals surface area contributed by atoms with E-state index in [4.69, 9.17) is 4.74 Å². The van der Waals surface area contributed by atoms with Crippen LogP contribution in [0.25, 0.3) is 17.1 Å². The molecule has 1 aromatic heterocycles. The van der Waals surface area contributed by atoms with E-state index in [1.807, 2.05) is 37.3 Å². The molecule has 5 rings (SSSR count). The summed E-state index contributed by atoms with van der Waals surface area (Å²) in [6.45, 7) is 2.39. The molecule has 1 saturated heterocycles. The lowest BCUT2D eigenvalue weighted by molar-refractivity contribution is -0.274. The standard InChI is InChI=1S/C30H29F3N6O4S/c1-19-16-24(42-2)13-14-25(19)39-26(40)17-44-29(39)36-28(41)34-15-3-4-20-5-7-21(8-6-20)27-35-18-38(37-27)22-9-11-23(12-10-22)43-30(31,32)33/h5-14,16,18,28,34,41H,3-4,15,17H2,1-2H3. The van der Waals surface area contributed by atoms with E-state index in [1.54, 1.807) is 19.2 Å². The van der Waals surface area contributed by atoms with Gasteiger partial charge in [-0.3, -0.25) is 15.0 Å². The van der Waals surface area contributed by atoms with E-state index in [0.717, 1.165) is 29.5 Å². The maximum Gasteiger partial charge on any atom is 0.573 e. The number of rotatable bonds is 11. The van der Waals surface area contributed by atoms with Crippen molar-refractivity contribution in [3.8, 4) is 28.6 Å². The predicted molar refractivity (Wildman–Crippen MR) is 161 cm³/mol. The zero-order valence-corrected chi connectivity index (χ0v) is 24.6. The van der Waals surface area contributed by atoms with Gasteiger partial charge in [0.2, 0.25) is 12.3 Å². The zero-order chi connectivity index (χ0) is 31.3. The smallest absolute Gasteiger partial charge is 0.497 e. The number of hydrogen-bond acceptors (Lipinski definition) is 9. The molecule has 0 aliphatic carbocycles. The molecule has 1 atom stereocenters. The lowest BCUT2D eigenvalue weighted by atomic mass is 10.1. The number of aliphatic hydroxyl groups is 1. The fourth-order valence-electron chi connectivity index (χ4n) is 4.51. The topological polar surface area (TPSA) is 114 Å². The molecule has 1 aliphatic rings. The van der Waals surface area contributed by atoms with Gasteiger partial charge in [0, 0.05) is 5.56 Å². The first-order valence-corrected chi connectivity index (χ1v) is 14.5. The summed E-state index contributed by atoms with van der Waals surface area (Å²) >= 11 is 1.28. The highest BCUT2D eigenvalue weighted by atomic mass is 32.2. The zero-order valence-electron chi connectivity index (χ0n) is 23.8. The van der Waals surface area contributed by atoms with Gasteiger partial charge in [0.15, 0.2) is 11.0 Å². The lowest BCUT2D eigenvalue weighted by Crippen LogP contribution is -2.34. The number of aliphatic imine (C=N–C) groups is 1. The van der Waals surface area contributed by atoms with Gasteiger partial charge in [-0.15, -0.1) is 18.3 Å². The number of amidine groups is 1. The minimum Gasteiger partial charge on any atom is -0.497 e. The van der Waals surface area contributed by atoms with Crippen molar-refractivity contribution >= 4 is 28.5 Å². The number of carbonyl (C=O) groups is 1. The number of anilines is 1. The van der Waals surface area contributed by atoms with Gasteiger partial charge in [0.1, 0.15) is 17.8 Å². The molecule has 0 radical (unpaired) electrons. The number of thioether (sulfide) groups is 1. The molecule has 10 nitrogen and oxygen atoms in total. The summed E-state index contributed by atoms with van der Waals surface area (Å²) in [5.74, 6) is 0.993. The number of halogens is 3. The number of ether oxygens (including phenoxy) is 2. The van der Waals surface area contributed by atoms with Crippen molar-refractivity contribution in [2.45, 2.75) is 32.5 Å². The molecule has 0 saturated carbocycles. The molecule has 44 heavy (non-hydrogen) atoms. The minimum atomic E-state index is -4.75. The van der Waals surface area contributed by atoms with Crippen molar-refractivity contribution in [1.82, 2.24) is 20.1 Å². The van der Waals surface area contributed by atoms with Crippen molar-refractivity contribution < 1.29 is 32.5 Å². The molecule has 4 aromatic rings. The Hall–Kier alpha value is -4.40. The summed E-state index contributed by atoms with van der Waals surface area (Å²) in [6.07, 6.45) is -2.95. The maximum atomic E-state index is 12.6. The Kier molecular flexibility index (Phi) is 9.52. The second-order valence-electron chi connectivity index (χ2n) is 9.76. The van der Waals surface area contributed by atoms with Gasteiger partial charge >= 0.3 is 6.36 Å². The van der Waals surface area contributed by atoms with Gasteiger partial charge in [-0.25, -0.2) is 14.7 Å². The van der Waals surface area contributed by atoms with Crippen molar-refractivity contribution in [2.24, 2.45) is 4.99 Å². The molecule has 0 spiro atoms. The van der Waals surface area contributed by atoms with Crippen LogP contribution in [0.3, 0.4) is 0 Å². The Balaban J connectivity index is 1.11. The summed E-state index contributed by atoms with van der Waals surface area (Å²) in [5, 5.41) is 18.3. The average Bonchev–Trinajstić information content (AvgIpc) is 3.62. The average molecular weight is 627 g/mol. The van der Waals surface area contributed by atoms with Crippen molar-refractivity contribution in [3.63, 3.8) is 0 Å². The van der Waals surface area contributed by atoms with E-state index >= 15 is 0 Å². The number of aromatic nitrogens is 3. The number of aliphatic hydroxyl groups excluding tert-OH is 1. The number of nitrogens with one attached hydrogen (secondary N) is 1. The number of methoxy groups -OCH3 is 1. The van der Waals surface area contributed by atoms with E-state index in [1.165, 1.54) is 51.9 Å². The predicted octanol–water partition coefficient (Wildman–Crippen LogP) is 5.08. The largest absolute Gasteiger partial charge is 0.573 e. The van der Waals surface area contributed by atoms with Crippen molar-refractivity contribution in [3.05, 3.63) is 84.2 Å². The van der Waals surface area contributed by atoms with Crippen LogP contribution < -0.4 is 19.7 Å². The Bertz CT molecular complexity index is 1630. The summed E-state index contributed by atoms with van der Waals surface area (Å²) in [4.78, 5) is 22.7. The van der Waals surface area contributed by atoms with Crippen LogP contribution in [0.15, 0.2) is 78.0 Å². The molecule has 0 bridgehead atoms. The summed E-state index contributed by atoms with van der Waals surface area (Å²) < 4.78 is 47.8. The molecule has 1 aliphatic heterocycles. The van der Waals surface area contributed by atoms with Crippen LogP contribution in [0.5, 0.6) is 11.5 Å². The van der Waals surface area contributed by atoms with Crippen LogP contribution in [-0.2, 0) is 11.2 Å². The Morgan fingerprint density at radius 3 is 2.50 bits per heavy atom. The van der Waals surface area contributed by atoms with Crippen LogP contribution in [0, 0.1) is 6.92 Å². The third-order valence-corrected chi connectivity index (χ3v) is 7.59. The monoisotopic (exact) mass is 626 g/mol. The molecule has 14 heteroatoms. The van der Waals surface area contributed by atoms with Crippen LogP contribution in [-0.4, -0.2) is 63.1 Å². The SMILES string of the molecule is COc1ccc(N2C(=O)CSC2=NC(O)NCCCc2ccc(-c3ncn(-c4ccc(OC(F)(F)F)cc4)n3)cc2)c(C)c1. The van der Waals surface area contributed by atoms with E-state index in [-0.39, 0.29) is 17.4 Å². The molecule has 1 amide bonds. The number of amides is 1. The number of nitrogens with zero attached hydrogens (tertiary/aromatic N) is 5. The highest BCUT2D eigenvalue weighted by Crippen LogP contribution is 2.31. The molecule has 2 heterocycles. The minimum absolute atomic E-state index is 0.103. The van der Waals surface area contributed by atoms with Crippen LogP contribution in [0.1, 0.15) is 17.5 Å². The van der Waals surface area contributed by atoms with E-state index in [2.05, 4.69) is 25.1 Å². The van der Waals surface area contributed by atoms with Crippen molar-refractivity contribution in [2.75, 3.05) is 24.3 Å². The molecule has 3 aromatic carbocycles. The lowest BCUT2D eigenvalue weighted by Gasteiger charge is -2.20. The van der Waals surface area contributed by atoms with Crippen LogP contribution in [0.4, 0.5) is 18.9 Å². The molecule has 2 N–H and O–H groups in total. The molecule has 1 unspecified atom stereocenters. The number of alkyl halides is 3. The number of carbonyl (C=O) groups excluding carboxylic acids is 1. The van der Waals surface area contributed by atoms with Gasteiger partial charge < -0.3 is 14.6 Å². The van der Waals surface area contributed by atoms with Gasteiger partial charge in [0.25, 0.3) is 0 Å². The Labute approximate surface area is 255 Å². The van der Waals surface area contributed by atoms with Crippen molar-refractivity contribution in [1.29, 1.82) is 0 Å². The Morgan fingerprint density at radius 2 is 1.82 bits per heavy atom. The molecular weight excluding hydrogens is 597 g/mol. The van der Waals surface area contributed by atoms with E-state index in [0.29, 0.717) is 34.7 Å². The van der Waals surface area contributed by atoms with E-state index in [9.17, 15) is 23.1 Å². The van der Waals surface area contributed by atoms with Gasteiger partial charge in [-0.05, 0) is 79.9 Å². The van der Waals surface area contributed by atoms with Gasteiger partial charge in [-0.2, -0.15) is 0 Å². The first kappa shape index (κ1) is 31.0. The number of hydrogen-bond donors (Lipinski definition) is 2. The van der Waals surface area contributed by atoms with Crippen LogP contribution in [0.2, 0.25) is 0 Å². The molecular formula is C30H29F3N6O4S. The summed E-state index contributed by atoms with van der Waals surface area (Å²) in [6, 6.07) is 18.5. The van der Waals surface area contributed by atoms with Gasteiger partial charge in [-0.1, -0.05) is 36.0 Å². The fraction of sp³-hybridized carbons (Fsp3) is 0.267. The molecule has 230 valence electrons. The third-order valence-electron chi connectivity index (χ3n) is 6.65. The fourth-order valence-corrected chi connectivity index (χ4v) is 5.40. The van der Waals surface area contributed by atoms with Crippen LogP contribution >= 0.6 is 11.8 Å². The maximum absolute atomic E-state index is 12.6. The Morgan fingerprint density at radius 1 is 1.09 bits per heavy atom. The first-order chi connectivity index (χ1) is 21.1.